The fraction of sp³-hybridized carbons (Fsp3) is 0.281. The van der Waals surface area contributed by atoms with Gasteiger partial charge < -0.3 is 24.7 Å². The molecule has 0 spiro atoms. The van der Waals surface area contributed by atoms with Crippen LogP contribution in [0.4, 0.5) is 0 Å². The van der Waals surface area contributed by atoms with Gasteiger partial charge in [0.25, 0.3) is 5.91 Å². The van der Waals surface area contributed by atoms with Gasteiger partial charge in [0.1, 0.15) is 17.3 Å². The Bertz CT molecular complexity index is 1620. The Kier molecular flexibility index (Phi) is 9.44. The van der Waals surface area contributed by atoms with Gasteiger partial charge in [0.05, 0.1) is 14.2 Å². The van der Waals surface area contributed by atoms with Crippen molar-refractivity contribution in [3.05, 3.63) is 77.6 Å². The number of carbonyl (C=O) groups is 1. The second-order valence-corrected chi connectivity index (χ2v) is 11.1. The van der Waals surface area contributed by atoms with E-state index in [0.717, 1.165) is 60.4 Å². The predicted octanol–water partition coefficient (Wildman–Crippen LogP) is 5.12. The number of nitrogens with zero attached hydrogens (tertiary/aromatic N) is 4. The first kappa shape index (κ1) is 29.2. The fourth-order valence-corrected chi connectivity index (χ4v) is 5.77. The van der Waals surface area contributed by atoms with Gasteiger partial charge in [0.2, 0.25) is 0 Å². The van der Waals surface area contributed by atoms with E-state index in [4.69, 9.17) is 9.47 Å². The number of likely N-dealkylation sites (N-methyl/N-ethyl adjacent to an activating group) is 1. The minimum absolute atomic E-state index is 0.00271. The van der Waals surface area contributed by atoms with Crippen molar-refractivity contribution in [1.82, 2.24) is 24.5 Å². The second-order valence-electron chi connectivity index (χ2n) is 9.88. The van der Waals surface area contributed by atoms with Gasteiger partial charge in [-0.15, -0.1) is 0 Å². The van der Waals surface area contributed by atoms with Crippen LogP contribution in [0.15, 0.2) is 71.4 Å². The largest absolute Gasteiger partial charge is 0.493 e. The highest BCUT2D eigenvalue weighted by Gasteiger charge is 2.17. The monoisotopic (exact) mass is 582 g/mol. The van der Waals surface area contributed by atoms with E-state index in [-0.39, 0.29) is 12.1 Å². The number of benzene rings is 2. The summed E-state index contributed by atoms with van der Waals surface area (Å²) >= 11 is 1.80. The minimum atomic E-state index is -0.463. The van der Waals surface area contributed by atoms with Crippen LogP contribution in [0.5, 0.6) is 11.5 Å². The first-order valence-corrected chi connectivity index (χ1v) is 14.6. The van der Waals surface area contributed by atoms with Crippen molar-refractivity contribution < 1.29 is 14.3 Å². The molecule has 1 aliphatic heterocycles. The van der Waals surface area contributed by atoms with Crippen molar-refractivity contribution in [1.29, 1.82) is 5.26 Å². The van der Waals surface area contributed by atoms with Crippen LogP contribution in [-0.2, 0) is 11.3 Å². The van der Waals surface area contributed by atoms with E-state index >= 15 is 0 Å². The Morgan fingerprint density at radius 3 is 2.52 bits per heavy atom. The van der Waals surface area contributed by atoms with E-state index in [1.807, 2.05) is 24.4 Å². The Morgan fingerprint density at radius 2 is 1.83 bits per heavy atom. The maximum Gasteiger partial charge on any atom is 0.262 e. The van der Waals surface area contributed by atoms with Crippen LogP contribution >= 0.6 is 11.9 Å². The maximum absolute atomic E-state index is 12.9. The minimum Gasteiger partial charge on any atom is -0.493 e. The molecule has 1 aliphatic rings. The highest BCUT2D eigenvalue weighted by molar-refractivity contribution is 7.97. The number of carbonyl (C=O) groups excluding carboxylic acids is 1. The van der Waals surface area contributed by atoms with E-state index in [1.54, 1.807) is 50.6 Å². The zero-order valence-corrected chi connectivity index (χ0v) is 24.8. The topological polar surface area (TPSA) is 107 Å². The molecule has 2 N–H and O–H groups in total. The first-order valence-electron chi connectivity index (χ1n) is 13.8. The number of amides is 1. The van der Waals surface area contributed by atoms with Crippen LogP contribution in [0, 0.1) is 11.3 Å². The van der Waals surface area contributed by atoms with Crippen LogP contribution in [-0.4, -0.2) is 72.0 Å². The van der Waals surface area contributed by atoms with Gasteiger partial charge in [-0.2, -0.15) is 5.26 Å². The number of hydrogen-bond acceptors (Lipinski definition) is 8. The van der Waals surface area contributed by atoms with Crippen LogP contribution in [0.25, 0.3) is 28.2 Å². The molecule has 42 heavy (non-hydrogen) atoms. The number of fused-ring (bicyclic) bond motifs is 1. The van der Waals surface area contributed by atoms with E-state index in [2.05, 4.69) is 55.7 Å². The molecule has 1 fully saturated rings. The van der Waals surface area contributed by atoms with Crippen LogP contribution < -0.4 is 14.8 Å². The summed E-state index contributed by atoms with van der Waals surface area (Å²) < 4.78 is 13.0. The van der Waals surface area contributed by atoms with Gasteiger partial charge in [0.15, 0.2) is 11.5 Å². The fourth-order valence-electron chi connectivity index (χ4n) is 4.87. The van der Waals surface area contributed by atoms with Gasteiger partial charge >= 0.3 is 0 Å². The molecule has 2 aromatic carbocycles. The van der Waals surface area contributed by atoms with E-state index in [0.29, 0.717) is 17.1 Å². The van der Waals surface area contributed by atoms with Gasteiger partial charge in [-0.1, -0.05) is 25.1 Å². The lowest BCUT2D eigenvalue weighted by Gasteiger charge is -2.33. The molecule has 1 saturated heterocycles. The number of piperazine rings is 1. The number of ether oxygens (including phenoxy) is 2. The smallest absolute Gasteiger partial charge is 0.262 e. The summed E-state index contributed by atoms with van der Waals surface area (Å²) in [6.45, 7) is 7.88. The van der Waals surface area contributed by atoms with Gasteiger partial charge in [-0.05, 0) is 66.0 Å². The molecule has 5 rings (SSSR count). The van der Waals surface area contributed by atoms with Crippen molar-refractivity contribution >= 4 is 35.0 Å². The Balaban J connectivity index is 1.28. The molecule has 10 heteroatoms. The molecule has 3 heterocycles. The molecule has 2 aromatic heterocycles. The highest BCUT2D eigenvalue weighted by Crippen LogP contribution is 2.30. The quantitative estimate of drug-likeness (QED) is 0.151. The lowest BCUT2D eigenvalue weighted by molar-refractivity contribution is -0.117. The average Bonchev–Trinajstić information content (AvgIpc) is 3.44. The number of rotatable bonds is 10. The SMILES string of the molecule is CCN1CCN(Sc2ccc(-c3cnc4[nH]cc(/C=C(\C#N)C(=O)NCc5ccc(OC)c(OC)c5)c4c3)cc2)CC1. The summed E-state index contributed by atoms with van der Waals surface area (Å²) in [6, 6.07) is 18.0. The maximum atomic E-state index is 12.9. The third-order valence-electron chi connectivity index (χ3n) is 7.33. The van der Waals surface area contributed by atoms with Gasteiger partial charge in [-0.25, -0.2) is 9.29 Å². The zero-order valence-electron chi connectivity index (χ0n) is 24.0. The summed E-state index contributed by atoms with van der Waals surface area (Å²) in [4.78, 5) is 24.3. The van der Waals surface area contributed by atoms with Crippen molar-refractivity contribution in [2.75, 3.05) is 46.9 Å². The van der Waals surface area contributed by atoms with Gasteiger partial charge in [0, 0.05) is 66.5 Å². The highest BCUT2D eigenvalue weighted by atomic mass is 32.2. The normalized spacial score (nSPS) is 14.5. The molecule has 0 atom stereocenters. The second kappa shape index (κ2) is 13.6. The lowest BCUT2D eigenvalue weighted by atomic mass is 10.0. The van der Waals surface area contributed by atoms with Crippen molar-refractivity contribution in [3.63, 3.8) is 0 Å². The summed E-state index contributed by atoms with van der Waals surface area (Å²) in [5.74, 6) is 0.713. The summed E-state index contributed by atoms with van der Waals surface area (Å²) in [5, 5.41) is 13.4. The number of nitriles is 1. The Morgan fingerprint density at radius 1 is 1.07 bits per heavy atom. The number of H-pyrrole nitrogens is 1. The standard InChI is InChI=1S/C32H34N6O3S/c1-4-37-11-13-38(14-12-37)42-27-8-6-23(7-9-27)25-17-28-26(21-35-31(28)34-20-25)16-24(18-33)32(39)36-19-22-5-10-29(40-2)30(15-22)41-3/h5-10,15-17,20-21H,4,11-14,19H2,1-3H3,(H,34,35)(H,36,39)/b24-16+. The van der Waals surface area contributed by atoms with E-state index < -0.39 is 5.91 Å². The zero-order chi connectivity index (χ0) is 29.5. The van der Waals surface area contributed by atoms with Crippen molar-refractivity contribution in [2.24, 2.45) is 0 Å². The molecule has 1 amide bonds. The number of aromatic nitrogens is 2. The molecule has 0 saturated carbocycles. The molecular formula is C32H34N6O3S. The molecule has 0 unspecified atom stereocenters. The summed E-state index contributed by atoms with van der Waals surface area (Å²) in [6.07, 6.45) is 5.18. The molecule has 0 radical (unpaired) electrons. The third kappa shape index (κ3) is 6.77. The Labute approximate surface area is 250 Å². The number of pyridine rings is 1. The average molecular weight is 583 g/mol. The molecular weight excluding hydrogens is 548 g/mol. The van der Waals surface area contributed by atoms with E-state index in [1.165, 1.54) is 4.90 Å². The lowest BCUT2D eigenvalue weighted by Crippen LogP contribution is -2.43. The van der Waals surface area contributed by atoms with Crippen LogP contribution in [0.1, 0.15) is 18.1 Å². The van der Waals surface area contributed by atoms with Crippen molar-refractivity contribution in [3.8, 4) is 28.7 Å². The predicted molar refractivity (Wildman–Crippen MR) is 166 cm³/mol. The number of methoxy groups -OCH3 is 2. The van der Waals surface area contributed by atoms with Gasteiger partial charge in [-0.3, -0.25) is 4.79 Å². The number of nitrogens with one attached hydrogen (secondary N) is 2. The number of aromatic amines is 1. The molecule has 9 nitrogen and oxygen atoms in total. The van der Waals surface area contributed by atoms with Crippen molar-refractivity contribution in [2.45, 2.75) is 18.4 Å². The third-order valence-corrected chi connectivity index (χ3v) is 8.44. The van der Waals surface area contributed by atoms with Crippen LogP contribution in [0.2, 0.25) is 0 Å². The molecule has 0 aliphatic carbocycles. The number of hydrogen-bond donors (Lipinski definition) is 2. The molecule has 4 aromatic rings. The van der Waals surface area contributed by atoms with Crippen LogP contribution in [0.3, 0.4) is 0 Å². The summed E-state index contributed by atoms with van der Waals surface area (Å²) in [7, 11) is 3.13. The van der Waals surface area contributed by atoms with E-state index in [9.17, 15) is 10.1 Å². The molecule has 216 valence electrons. The first-order chi connectivity index (χ1) is 20.5. The molecule has 0 bridgehead atoms. The Hall–Kier alpha value is -4.30. The summed E-state index contributed by atoms with van der Waals surface area (Å²) in [5.41, 5.74) is 4.24.